The Hall–Kier alpha value is -2.58. The van der Waals surface area contributed by atoms with E-state index in [-0.39, 0.29) is 13.2 Å². The van der Waals surface area contributed by atoms with Gasteiger partial charge >= 0.3 is 0 Å². The molecule has 0 radical (unpaired) electrons. The summed E-state index contributed by atoms with van der Waals surface area (Å²) in [7, 11) is 1.47. The first kappa shape index (κ1) is 19.2. The molecule has 1 fully saturated rings. The third-order valence-corrected chi connectivity index (χ3v) is 4.81. The molecule has 0 saturated carbocycles. The smallest absolute Gasteiger partial charge is 0.253 e. The second-order valence-corrected chi connectivity index (χ2v) is 6.62. The quantitative estimate of drug-likeness (QED) is 0.754. The molecule has 0 bridgehead atoms. The van der Waals surface area contributed by atoms with E-state index >= 15 is 0 Å². The molecule has 1 atom stereocenters. The SMILES string of the molecule is CNC(=O)C1(O)CCCN(c2cnc(-c3ccc(F)c(F)c3)cc2CO)C1. The Kier molecular flexibility index (Phi) is 5.38. The van der Waals surface area contributed by atoms with Crippen LogP contribution < -0.4 is 10.2 Å². The van der Waals surface area contributed by atoms with Crippen LogP contribution in [0, 0.1) is 11.6 Å². The Balaban J connectivity index is 1.92. The number of aliphatic hydroxyl groups excluding tert-OH is 1. The number of aliphatic hydroxyl groups is 2. The first-order chi connectivity index (χ1) is 12.9. The van der Waals surface area contributed by atoms with E-state index in [9.17, 15) is 23.8 Å². The van der Waals surface area contributed by atoms with Crippen molar-refractivity contribution >= 4 is 11.6 Å². The minimum Gasteiger partial charge on any atom is -0.392 e. The van der Waals surface area contributed by atoms with E-state index in [1.807, 2.05) is 0 Å². The maximum atomic E-state index is 13.5. The zero-order chi connectivity index (χ0) is 19.6. The number of hydrogen-bond donors (Lipinski definition) is 3. The lowest BCUT2D eigenvalue weighted by molar-refractivity contribution is -0.140. The van der Waals surface area contributed by atoms with Crippen molar-refractivity contribution < 1.29 is 23.8 Å². The molecular formula is C19H21F2N3O3. The first-order valence-electron chi connectivity index (χ1n) is 8.62. The van der Waals surface area contributed by atoms with Gasteiger partial charge in [0.1, 0.15) is 0 Å². The molecule has 2 aromatic rings. The number of aromatic nitrogens is 1. The minimum absolute atomic E-state index is 0.0753. The maximum absolute atomic E-state index is 13.5. The fourth-order valence-electron chi connectivity index (χ4n) is 3.37. The molecule has 0 aliphatic carbocycles. The average Bonchev–Trinajstić information content (AvgIpc) is 2.68. The standard InChI is InChI=1S/C19H21F2N3O3/c1-22-18(26)19(27)5-2-6-24(11-19)17-9-23-16(8-13(17)10-25)12-3-4-14(20)15(21)7-12/h3-4,7-9,25,27H,2,5-6,10-11H2,1H3,(H,22,26). The minimum atomic E-state index is -1.52. The number of β-amino-alcohol motifs (C(OH)–C–C–N with tert-alkyl or cyclic N) is 1. The Bertz CT molecular complexity index is 862. The molecule has 1 saturated heterocycles. The number of nitrogens with zero attached hydrogens (tertiary/aromatic N) is 2. The van der Waals surface area contributed by atoms with Crippen LogP contribution in [0.4, 0.5) is 14.5 Å². The summed E-state index contributed by atoms with van der Waals surface area (Å²) in [6, 6.07) is 5.07. The molecule has 1 aromatic carbocycles. The summed E-state index contributed by atoms with van der Waals surface area (Å²) in [6.45, 7) is 0.369. The Morgan fingerprint density at radius 3 is 2.78 bits per heavy atom. The summed E-state index contributed by atoms with van der Waals surface area (Å²) in [4.78, 5) is 18.1. The number of rotatable bonds is 4. The highest BCUT2D eigenvalue weighted by Crippen LogP contribution is 2.31. The second-order valence-electron chi connectivity index (χ2n) is 6.62. The van der Waals surface area contributed by atoms with Crippen molar-refractivity contribution in [3.05, 3.63) is 47.7 Å². The fourth-order valence-corrected chi connectivity index (χ4v) is 3.37. The molecule has 1 aromatic heterocycles. The third kappa shape index (κ3) is 3.77. The van der Waals surface area contributed by atoms with Crippen LogP contribution in [0.1, 0.15) is 18.4 Å². The molecule has 27 heavy (non-hydrogen) atoms. The lowest BCUT2D eigenvalue weighted by atomic mass is 9.91. The predicted molar refractivity (Wildman–Crippen MR) is 96.0 cm³/mol. The summed E-state index contributed by atoms with van der Waals surface area (Å²) < 4.78 is 26.6. The number of carbonyl (C=O) groups excluding carboxylic acids is 1. The van der Waals surface area contributed by atoms with Crippen LogP contribution in [0.2, 0.25) is 0 Å². The Morgan fingerprint density at radius 2 is 2.11 bits per heavy atom. The summed E-state index contributed by atoms with van der Waals surface area (Å²) in [5, 5.41) is 22.9. The van der Waals surface area contributed by atoms with E-state index in [0.717, 1.165) is 12.1 Å². The van der Waals surface area contributed by atoms with Gasteiger partial charge in [0, 0.05) is 24.7 Å². The monoisotopic (exact) mass is 377 g/mol. The predicted octanol–water partition coefficient (Wildman–Crippen LogP) is 1.60. The van der Waals surface area contributed by atoms with Gasteiger partial charge in [-0.1, -0.05) is 0 Å². The van der Waals surface area contributed by atoms with Gasteiger partial charge in [0.2, 0.25) is 0 Å². The zero-order valence-corrected chi connectivity index (χ0v) is 14.9. The van der Waals surface area contributed by atoms with Gasteiger partial charge in [-0.2, -0.15) is 0 Å². The topological polar surface area (TPSA) is 85.7 Å². The molecule has 1 aliphatic rings. The van der Waals surface area contributed by atoms with Crippen molar-refractivity contribution in [2.24, 2.45) is 0 Å². The fraction of sp³-hybridized carbons (Fsp3) is 0.368. The first-order valence-corrected chi connectivity index (χ1v) is 8.62. The number of nitrogens with one attached hydrogen (secondary N) is 1. The molecule has 144 valence electrons. The lowest BCUT2D eigenvalue weighted by Gasteiger charge is -2.39. The second kappa shape index (κ2) is 7.58. The van der Waals surface area contributed by atoms with Gasteiger partial charge in [-0.25, -0.2) is 8.78 Å². The van der Waals surface area contributed by atoms with Gasteiger partial charge in [-0.05, 0) is 37.1 Å². The van der Waals surface area contributed by atoms with E-state index < -0.39 is 23.1 Å². The molecule has 0 spiro atoms. The van der Waals surface area contributed by atoms with E-state index in [1.54, 1.807) is 11.0 Å². The number of anilines is 1. The number of halogens is 2. The van der Waals surface area contributed by atoms with Crippen molar-refractivity contribution in [3.63, 3.8) is 0 Å². The van der Waals surface area contributed by atoms with Gasteiger partial charge in [0.15, 0.2) is 17.2 Å². The molecule has 3 N–H and O–H groups in total. The maximum Gasteiger partial charge on any atom is 0.253 e. The summed E-state index contributed by atoms with van der Waals surface area (Å²) in [5.41, 5.74) is 0.367. The molecule has 8 heteroatoms. The average molecular weight is 377 g/mol. The van der Waals surface area contributed by atoms with Crippen molar-refractivity contribution in [3.8, 4) is 11.3 Å². The molecule has 1 unspecified atom stereocenters. The van der Waals surface area contributed by atoms with Crippen molar-refractivity contribution in [2.45, 2.75) is 25.0 Å². The summed E-state index contributed by atoms with van der Waals surface area (Å²) >= 11 is 0. The van der Waals surface area contributed by atoms with Crippen molar-refractivity contribution in [1.82, 2.24) is 10.3 Å². The third-order valence-electron chi connectivity index (χ3n) is 4.81. The largest absolute Gasteiger partial charge is 0.392 e. The highest BCUT2D eigenvalue weighted by Gasteiger charge is 2.40. The van der Waals surface area contributed by atoms with Gasteiger partial charge in [-0.3, -0.25) is 9.78 Å². The van der Waals surface area contributed by atoms with Crippen LogP contribution in [0.5, 0.6) is 0 Å². The van der Waals surface area contributed by atoms with Crippen LogP contribution in [-0.4, -0.2) is 46.8 Å². The number of benzene rings is 1. The van der Waals surface area contributed by atoms with Crippen molar-refractivity contribution in [2.75, 3.05) is 25.0 Å². The van der Waals surface area contributed by atoms with Crippen LogP contribution in [0.25, 0.3) is 11.3 Å². The molecular weight excluding hydrogens is 356 g/mol. The molecule has 3 rings (SSSR count). The normalized spacial score (nSPS) is 19.8. The van der Waals surface area contributed by atoms with Gasteiger partial charge in [0.25, 0.3) is 5.91 Å². The van der Waals surface area contributed by atoms with E-state index in [0.29, 0.717) is 41.9 Å². The number of amides is 1. The molecule has 6 nitrogen and oxygen atoms in total. The summed E-state index contributed by atoms with van der Waals surface area (Å²) in [5.74, 6) is -2.38. The van der Waals surface area contributed by atoms with Crippen LogP contribution in [0.3, 0.4) is 0 Å². The number of hydrogen-bond acceptors (Lipinski definition) is 5. The highest BCUT2D eigenvalue weighted by molar-refractivity contribution is 5.85. The van der Waals surface area contributed by atoms with Gasteiger partial charge in [0.05, 0.1) is 30.7 Å². The number of carbonyl (C=O) groups is 1. The lowest BCUT2D eigenvalue weighted by Crippen LogP contribution is -2.56. The number of likely N-dealkylation sites (N-methyl/N-ethyl adjacent to an activating group) is 1. The van der Waals surface area contributed by atoms with E-state index in [2.05, 4.69) is 10.3 Å². The zero-order valence-electron chi connectivity index (χ0n) is 14.9. The summed E-state index contributed by atoms with van der Waals surface area (Å²) in [6.07, 6.45) is 2.45. The number of piperidine rings is 1. The van der Waals surface area contributed by atoms with Crippen LogP contribution in [-0.2, 0) is 11.4 Å². The Labute approximate surface area is 155 Å². The molecule has 1 amide bonds. The Morgan fingerprint density at radius 1 is 1.33 bits per heavy atom. The van der Waals surface area contributed by atoms with Crippen LogP contribution in [0.15, 0.2) is 30.5 Å². The highest BCUT2D eigenvalue weighted by atomic mass is 19.2. The van der Waals surface area contributed by atoms with Gasteiger partial charge < -0.3 is 20.4 Å². The number of pyridine rings is 1. The van der Waals surface area contributed by atoms with Crippen LogP contribution >= 0.6 is 0 Å². The van der Waals surface area contributed by atoms with E-state index in [4.69, 9.17) is 0 Å². The molecule has 2 heterocycles. The van der Waals surface area contributed by atoms with Gasteiger partial charge in [-0.15, -0.1) is 0 Å². The van der Waals surface area contributed by atoms with Crippen molar-refractivity contribution in [1.29, 1.82) is 0 Å². The molecule has 1 aliphatic heterocycles. The van der Waals surface area contributed by atoms with E-state index in [1.165, 1.54) is 19.3 Å².